The summed E-state index contributed by atoms with van der Waals surface area (Å²) >= 11 is 0. The number of Topliss-reactive ketones (excluding diaryl/α,β-unsaturated/α-hetero) is 1. The Balaban J connectivity index is 1.32. The van der Waals surface area contributed by atoms with E-state index in [1.54, 1.807) is 0 Å². The van der Waals surface area contributed by atoms with E-state index in [0.717, 1.165) is 28.9 Å². The number of carbonyl (C=O) groups is 1. The first-order valence-electron chi connectivity index (χ1n) is 11.4. The predicted molar refractivity (Wildman–Crippen MR) is 115 cm³/mol. The van der Waals surface area contributed by atoms with Crippen LogP contribution in [0, 0.1) is 5.92 Å². The number of piperidine rings is 1. The third kappa shape index (κ3) is 4.32. The minimum absolute atomic E-state index is 0.259. The molecule has 0 bridgehead atoms. The van der Waals surface area contributed by atoms with Crippen molar-refractivity contribution in [1.82, 2.24) is 14.7 Å². The Morgan fingerprint density at radius 1 is 1.11 bits per heavy atom. The second-order valence-corrected chi connectivity index (χ2v) is 9.18. The fraction of sp³-hybridized carbons (Fsp3) is 0.667. The highest BCUT2D eigenvalue weighted by molar-refractivity contribution is 6.06. The van der Waals surface area contributed by atoms with Crippen LogP contribution in [0.25, 0.3) is 10.9 Å². The topological polar surface area (TPSA) is 38.1 Å². The Hall–Kier alpha value is -1.68. The van der Waals surface area contributed by atoms with Crippen LogP contribution in [0.4, 0.5) is 0 Å². The van der Waals surface area contributed by atoms with E-state index in [1.165, 1.54) is 58.0 Å². The molecule has 2 heterocycles. The predicted octanol–water partition coefficient (Wildman–Crippen LogP) is 5.62. The van der Waals surface area contributed by atoms with Gasteiger partial charge < -0.3 is 4.90 Å². The van der Waals surface area contributed by atoms with Gasteiger partial charge in [-0.05, 0) is 71.0 Å². The summed E-state index contributed by atoms with van der Waals surface area (Å²) in [5.74, 6) is 0.963. The van der Waals surface area contributed by atoms with E-state index < -0.39 is 0 Å². The number of hydrogen-bond donors (Lipinski definition) is 0. The standard InChI is InChI=1S/C24H35N3O/c1-18(2)27-17-20-7-6-10-22(24(20)25-27)23(28)12-11-19-13-15-26(16-14-19)21-8-4-3-5-9-21/h6-7,10,17-19,21H,3-5,8-9,11-16H2,1-2H3. The number of benzene rings is 1. The van der Waals surface area contributed by atoms with E-state index in [2.05, 4.69) is 36.1 Å². The molecule has 2 fully saturated rings. The van der Waals surface area contributed by atoms with Crippen LogP contribution in [0.5, 0.6) is 0 Å². The van der Waals surface area contributed by atoms with E-state index >= 15 is 0 Å². The average Bonchev–Trinajstić information content (AvgIpc) is 3.18. The van der Waals surface area contributed by atoms with Crippen LogP contribution in [-0.2, 0) is 0 Å². The smallest absolute Gasteiger partial charge is 0.165 e. The van der Waals surface area contributed by atoms with Gasteiger partial charge in [0.1, 0.15) is 5.52 Å². The molecule has 0 amide bonds. The number of ketones is 1. The minimum atomic E-state index is 0.259. The molecular weight excluding hydrogens is 346 g/mol. The van der Waals surface area contributed by atoms with Crippen LogP contribution in [0.2, 0.25) is 0 Å². The monoisotopic (exact) mass is 381 g/mol. The zero-order chi connectivity index (χ0) is 19.5. The molecule has 4 heteroatoms. The lowest BCUT2D eigenvalue weighted by Crippen LogP contribution is -2.42. The lowest BCUT2D eigenvalue weighted by molar-refractivity contribution is 0.0916. The van der Waals surface area contributed by atoms with Crippen molar-refractivity contribution in [1.29, 1.82) is 0 Å². The van der Waals surface area contributed by atoms with Gasteiger partial charge in [0, 0.05) is 35.7 Å². The molecule has 0 spiro atoms. The van der Waals surface area contributed by atoms with Crippen LogP contribution in [0.15, 0.2) is 24.4 Å². The summed E-state index contributed by atoms with van der Waals surface area (Å²) in [7, 11) is 0. The van der Waals surface area contributed by atoms with Gasteiger partial charge in [0.05, 0.1) is 0 Å². The Morgan fingerprint density at radius 3 is 2.57 bits per heavy atom. The van der Waals surface area contributed by atoms with Crippen molar-refractivity contribution in [3.63, 3.8) is 0 Å². The molecule has 1 aliphatic heterocycles. The summed E-state index contributed by atoms with van der Waals surface area (Å²) in [4.78, 5) is 15.7. The fourth-order valence-electron chi connectivity index (χ4n) is 5.08. The molecule has 1 saturated heterocycles. The second-order valence-electron chi connectivity index (χ2n) is 9.18. The van der Waals surface area contributed by atoms with Crippen molar-refractivity contribution in [2.75, 3.05) is 13.1 Å². The molecule has 4 nitrogen and oxygen atoms in total. The first-order chi connectivity index (χ1) is 13.6. The molecule has 1 aromatic carbocycles. The molecule has 0 N–H and O–H groups in total. The van der Waals surface area contributed by atoms with Crippen LogP contribution in [0.1, 0.15) is 88.0 Å². The van der Waals surface area contributed by atoms with Gasteiger partial charge in [0.2, 0.25) is 0 Å². The summed E-state index contributed by atoms with van der Waals surface area (Å²) in [6.45, 7) is 6.70. The fourth-order valence-corrected chi connectivity index (χ4v) is 5.08. The van der Waals surface area contributed by atoms with Crippen LogP contribution in [-0.4, -0.2) is 39.6 Å². The zero-order valence-corrected chi connectivity index (χ0v) is 17.6. The van der Waals surface area contributed by atoms with Crippen molar-refractivity contribution < 1.29 is 4.79 Å². The largest absolute Gasteiger partial charge is 0.300 e. The van der Waals surface area contributed by atoms with Crippen LogP contribution in [0.3, 0.4) is 0 Å². The Morgan fingerprint density at radius 2 is 1.86 bits per heavy atom. The van der Waals surface area contributed by atoms with E-state index in [1.807, 2.05) is 16.8 Å². The SMILES string of the molecule is CC(C)n1cc2cccc(C(=O)CCC3CCN(C4CCCCC4)CC3)c2n1. The number of carbonyl (C=O) groups excluding carboxylic acids is 1. The molecule has 0 atom stereocenters. The molecule has 0 radical (unpaired) electrons. The summed E-state index contributed by atoms with van der Waals surface area (Å²) in [6.07, 6.45) is 13.3. The molecule has 2 aromatic rings. The second kappa shape index (κ2) is 8.77. The number of fused-ring (bicyclic) bond motifs is 1. The highest BCUT2D eigenvalue weighted by Crippen LogP contribution is 2.29. The third-order valence-electron chi connectivity index (χ3n) is 6.90. The first-order valence-corrected chi connectivity index (χ1v) is 11.4. The van der Waals surface area contributed by atoms with Crippen molar-refractivity contribution in [2.45, 2.75) is 83.7 Å². The molecule has 4 rings (SSSR count). The molecule has 28 heavy (non-hydrogen) atoms. The summed E-state index contributed by atoms with van der Waals surface area (Å²) in [5.41, 5.74) is 1.67. The Bertz CT molecular complexity index is 795. The maximum Gasteiger partial charge on any atom is 0.165 e. The number of hydrogen-bond acceptors (Lipinski definition) is 3. The average molecular weight is 382 g/mol. The zero-order valence-electron chi connectivity index (χ0n) is 17.6. The van der Waals surface area contributed by atoms with Gasteiger partial charge in [-0.3, -0.25) is 9.48 Å². The third-order valence-corrected chi connectivity index (χ3v) is 6.90. The molecule has 0 unspecified atom stereocenters. The van der Waals surface area contributed by atoms with Crippen molar-refractivity contribution >= 4 is 16.7 Å². The van der Waals surface area contributed by atoms with E-state index in [0.29, 0.717) is 18.4 Å². The minimum Gasteiger partial charge on any atom is -0.300 e. The van der Waals surface area contributed by atoms with Crippen molar-refractivity contribution in [3.8, 4) is 0 Å². The van der Waals surface area contributed by atoms with Gasteiger partial charge in [-0.2, -0.15) is 5.10 Å². The lowest BCUT2D eigenvalue weighted by Gasteiger charge is -2.39. The first kappa shape index (κ1) is 19.6. The number of nitrogens with zero attached hydrogens (tertiary/aromatic N) is 3. The van der Waals surface area contributed by atoms with E-state index in [4.69, 9.17) is 0 Å². The van der Waals surface area contributed by atoms with Gasteiger partial charge in [0.25, 0.3) is 0 Å². The number of likely N-dealkylation sites (tertiary alicyclic amines) is 1. The van der Waals surface area contributed by atoms with Gasteiger partial charge in [-0.25, -0.2) is 0 Å². The van der Waals surface area contributed by atoms with Crippen LogP contribution >= 0.6 is 0 Å². The maximum atomic E-state index is 12.9. The highest BCUT2D eigenvalue weighted by atomic mass is 16.1. The van der Waals surface area contributed by atoms with Crippen molar-refractivity contribution in [2.24, 2.45) is 5.92 Å². The molecule has 2 aliphatic rings. The molecule has 152 valence electrons. The van der Waals surface area contributed by atoms with E-state index in [9.17, 15) is 4.79 Å². The highest BCUT2D eigenvalue weighted by Gasteiger charge is 2.26. The van der Waals surface area contributed by atoms with E-state index in [-0.39, 0.29) is 5.78 Å². The Labute approximate surface area is 169 Å². The summed E-state index contributed by atoms with van der Waals surface area (Å²) < 4.78 is 1.96. The molecule has 1 aliphatic carbocycles. The normalized spacial score (nSPS) is 20.2. The van der Waals surface area contributed by atoms with Gasteiger partial charge >= 0.3 is 0 Å². The quantitative estimate of drug-likeness (QED) is 0.609. The molecule has 1 aromatic heterocycles. The van der Waals surface area contributed by atoms with Crippen molar-refractivity contribution in [3.05, 3.63) is 30.0 Å². The Kier molecular flexibility index (Phi) is 6.15. The number of aromatic nitrogens is 2. The molecule has 1 saturated carbocycles. The van der Waals surface area contributed by atoms with Crippen LogP contribution < -0.4 is 0 Å². The van der Waals surface area contributed by atoms with Gasteiger partial charge in [-0.1, -0.05) is 31.4 Å². The molecular formula is C24H35N3O. The van der Waals surface area contributed by atoms with Gasteiger partial charge in [-0.15, -0.1) is 0 Å². The maximum absolute atomic E-state index is 12.9. The lowest BCUT2D eigenvalue weighted by atomic mass is 9.87. The van der Waals surface area contributed by atoms with Gasteiger partial charge in [0.15, 0.2) is 5.78 Å². The number of rotatable bonds is 6. The summed E-state index contributed by atoms with van der Waals surface area (Å²) in [5, 5.41) is 5.75. The summed E-state index contributed by atoms with van der Waals surface area (Å²) in [6, 6.07) is 7.15.